The summed E-state index contributed by atoms with van der Waals surface area (Å²) in [6, 6.07) is 0. The van der Waals surface area contributed by atoms with Crippen LogP contribution in [-0.2, 0) is 0 Å². The number of aliphatic hydroxyl groups excluding tert-OH is 1. The summed E-state index contributed by atoms with van der Waals surface area (Å²) in [5, 5.41) is 9.60. The molecule has 11 heavy (non-hydrogen) atoms. The maximum absolute atomic E-state index is 9.03. The summed E-state index contributed by atoms with van der Waals surface area (Å²) in [6.45, 7) is 0. The fourth-order valence-corrected chi connectivity index (χ4v) is 1.44. The van der Waals surface area contributed by atoms with Gasteiger partial charge in [0.1, 0.15) is 6.26 Å². The molecule has 0 saturated heterocycles. The van der Waals surface area contributed by atoms with Crippen LogP contribution in [0, 0.1) is 0 Å². The third-order valence-corrected chi connectivity index (χ3v) is 2.34. The van der Waals surface area contributed by atoms with Gasteiger partial charge in [-0.2, -0.15) is 0 Å². The van der Waals surface area contributed by atoms with E-state index in [0.29, 0.717) is 11.0 Å². The fraction of sp³-hybridized carbons (Fsp3) is 0.500. The summed E-state index contributed by atoms with van der Waals surface area (Å²) < 4.78 is 4.93. The highest BCUT2D eigenvalue weighted by Crippen LogP contribution is 2.15. The average molecular weight is 194 g/mol. The predicted octanol–water partition coefficient (Wildman–Crippen LogP) is 1.37. The summed E-state index contributed by atoms with van der Waals surface area (Å²) in [6.07, 6.45) is 2.57. The van der Waals surface area contributed by atoms with Gasteiger partial charge in [0.05, 0.1) is 12.3 Å². The number of hydrogen-bond acceptors (Lipinski definition) is 4. The quantitative estimate of drug-likeness (QED) is 0.580. The SMILES string of the molecule is OC(CCl)CSc1ncco1. The standard InChI is InChI=1S/C6H8ClNO2S/c7-3-5(9)4-11-6-8-1-2-10-6/h1-2,5,9H,3-4H2. The van der Waals surface area contributed by atoms with Gasteiger partial charge in [-0.25, -0.2) is 4.98 Å². The lowest BCUT2D eigenvalue weighted by molar-refractivity contribution is 0.223. The lowest BCUT2D eigenvalue weighted by Gasteiger charge is -2.01. The normalized spacial score (nSPS) is 13.3. The molecule has 1 rings (SSSR count). The third-order valence-electron chi connectivity index (χ3n) is 0.987. The topological polar surface area (TPSA) is 46.3 Å². The van der Waals surface area contributed by atoms with Crippen LogP contribution in [0.1, 0.15) is 0 Å². The van der Waals surface area contributed by atoms with Gasteiger partial charge in [0.2, 0.25) is 0 Å². The molecule has 0 radical (unpaired) electrons. The molecule has 0 saturated carbocycles. The number of alkyl halides is 1. The van der Waals surface area contributed by atoms with Gasteiger partial charge in [0.25, 0.3) is 5.22 Å². The van der Waals surface area contributed by atoms with Crippen LogP contribution in [-0.4, -0.2) is 27.8 Å². The van der Waals surface area contributed by atoms with Gasteiger partial charge in [-0.15, -0.1) is 11.6 Å². The molecule has 0 amide bonds. The number of nitrogens with zero attached hydrogens (tertiary/aromatic N) is 1. The van der Waals surface area contributed by atoms with E-state index in [0.717, 1.165) is 0 Å². The molecular formula is C6H8ClNO2S. The lowest BCUT2D eigenvalue weighted by atomic mass is 10.5. The highest BCUT2D eigenvalue weighted by atomic mass is 35.5. The zero-order valence-electron chi connectivity index (χ0n) is 5.74. The van der Waals surface area contributed by atoms with E-state index < -0.39 is 6.10 Å². The zero-order valence-corrected chi connectivity index (χ0v) is 7.31. The second kappa shape index (κ2) is 4.64. The third kappa shape index (κ3) is 3.14. The van der Waals surface area contributed by atoms with E-state index in [9.17, 15) is 0 Å². The summed E-state index contributed by atoms with van der Waals surface area (Å²) >= 11 is 6.73. The van der Waals surface area contributed by atoms with Crippen LogP contribution in [0.4, 0.5) is 0 Å². The molecule has 0 fully saturated rings. The molecule has 0 aliphatic heterocycles. The van der Waals surface area contributed by atoms with Crippen molar-refractivity contribution in [1.82, 2.24) is 4.98 Å². The van der Waals surface area contributed by atoms with Gasteiger partial charge < -0.3 is 9.52 Å². The highest BCUT2D eigenvalue weighted by Gasteiger charge is 2.04. The van der Waals surface area contributed by atoms with Crippen molar-refractivity contribution < 1.29 is 9.52 Å². The summed E-state index contributed by atoms with van der Waals surface area (Å²) in [5.74, 6) is 0.762. The number of oxazole rings is 1. The molecule has 62 valence electrons. The van der Waals surface area contributed by atoms with E-state index in [2.05, 4.69) is 4.98 Å². The summed E-state index contributed by atoms with van der Waals surface area (Å²) in [4.78, 5) is 3.86. The van der Waals surface area contributed by atoms with Crippen molar-refractivity contribution in [3.8, 4) is 0 Å². The molecule has 1 atom stereocenters. The van der Waals surface area contributed by atoms with E-state index in [1.807, 2.05) is 0 Å². The van der Waals surface area contributed by atoms with Gasteiger partial charge in [0.15, 0.2) is 0 Å². The van der Waals surface area contributed by atoms with Crippen molar-refractivity contribution in [2.45, 2.75) is 11.3 Å². The first-order valence-electron chi connectivity index (χ1n) is 3.09. The molecular weight excluding hydrogens is 186 g/mol. The fourth-order valence-electron chi connectivity index (χ4n) is 0.494. The average Bonchev–Trinajstić information content (AvgIpc) is 2.52. The van der Waals surface area contributed by atoms with Crippen molar-refractivity contribution in [3.05, 3.63) is 12.5 Å². The molecule has 1 N–H and O–H groups in total. The number of aromatic nitrogens is 1. The minimum Gasteiger partial charge on any atom is -0.440 e. The first kappa shape index (κ1) is 8.90. The van der Waals surface area contributed by atoms with E-state index >= 15 is 0 Å². The minimum atomic E-state index is -0.492. The maximum Gasteiger partial charge on any atom is 0.255 e. The maximum atomic E-state index is 9.03. The molecule has 0 aliphatic carbocycles. The Balaban J connectivity index is 2.23. The number of hydrogen-bond donors (Lipinski definition) is 1. The van der Waals surface area contributed by atoms with E-state index in [-0.39, 0.29) is 5.88 Å². The van der Waals surface area contributed by atoms with Crippen LogP contribution < -0.4 is 0 Å². The first-order chi connectivity index (χ1) is 5.33. The van der Waals surface area contributed by atoms with E-state index in [1.165, 1.54) is 18.0 Å². The Morgan fingerprint density at radius 3 is 3.18 bits per heavy atom. The van der Waals surface area contributed by atoms with Crippen LogP contribution in [0.3, 0.4) is 0 Å². The number of halogens is 1. The van der Waals surface area contributed by atoms with Gasteiger partial charge in [-0.05, 0) is 0 Å². The van der Waals surface area contributed by atoms with Crippen molar-refractivity contribution >= 4 is 23.4 Å². The summed E-state index contributed by atoms with van der Waals surface area (Å²) in [5.41, 5.74) is 0. The van der Waals surface area contributed by atoms with Gasteiger partial charge in [-0.3, -0.25) is 0 Å². The van der Waals surface area contributed by atoms with Crippen LogP contribution in [0.2, 0.25) is 0 Å². The molecule has 0 bridgehead atoms. The Bertz CT molecular complexity index is 192. The minimum absolute atomic E-state index is 0.244. The monoisotopic (exact) mass is 193 g/mol. The van der Waals surface area contributed by atoms with E-state index in [4.69, 9.17) is 21.1 Å². The number of thioether (sulfide) groups is 1. The molecule has 1 aromatic rings. The smallest absolute Gasteiger partial charge is 0.255 e. The zero-order chi connectivity index (χ0) is 8.10. The lowest BCUT2D eigenvalue weighted by Crippen LogP contribution is -2.10. The molecule has 1 aromatic heterocycles. The van der Waals surface area contributed by atoms with Crippen LogP contribution in [0.25, 0.3) is 0 Å². The van der Waals surface area contributed by atoms with Crippen LogP contribution in [0.5, 0.6) is 0 Å². The van der Waals surface area contributed by atoms with Gasteiger partial charge in [0, 0.05) is 11.6 Å². The number of aliphatic hydroxyl groups is 1. The van der Waals surface area contributed by atoms with Crippen LogP contribution >= 0.6 is 23.4 Å². The molecule has 3 nitrogen and oxygen atoms in total. The first-order valence-corrected chi connectivity index (χ1v) is 4.61. The Labute approximate surface area is 73.8 Å². The molecule has 1 heterocycles. The van der Waals surface area contributed by atoms with Crippen molar-refractivity contribution in [2.24, 2.45) is 0 Å². The molecule has 0 aromatic carbocycles. The van der Waals surface area contributed by atoms with Gasteiger partial charge >= 0.3 is 0 Å². The van der Waals surface area contributed by atoms with Gasteiger partial charge in [-0.1, -0.05) is 11.8 Å². The van der Waals surface area contributed by atoms with Crippen molar-refractivity contribution in [3.63, 3.8) is 0 Å². The molecule has 1 unspecified atom stereocenters. The largest absolute Gasteiger partial charge is 0.440 e. The van der Waals surface area contributed by atoms with Crippen molar-refractivity contribution in [2.75, 3.05) is 11.6 Å². The number of rotatable bonds is 4. The van der Waals surface area contributed by atoms with Crippen molar-refractivity contribution in [1.29, 1.82) is 0 Å². The Hall–Kier alpha value is -0.190. The predicted molar refractivity (Wildman–Crippen MR) is 44.0 cm³/mol. The van der Waals surface area contributed by atoms with Crippen LogP contribution in [0.15, 0.2) is 22.1 Å². The second-order valence-corrected chi connectivity index (χ2v) is 3.20. The Morgan fingerprint density at radius 1 is 1.82 bits per heavy atom. The highest BCUT2D eigenvalue weighted by molar-refractivity contribution is 7.99. The van der Waals surface area contributed by atoms with E-state index in [1.54, 1.807) is 6.20 Å². The Kier molecular flexibility index (Phi) is 3.76. The summed E-state index contributed by atoms with van der Waals surface area (Å²) in [7, 11) is 0. The second-order valence-electron chi connectivity index (χ2n) is 1.92. The molecule has 5 heteroatoms. The molecule has 0 spiro atoms. The Morgan fingerprint density at radius 2 is 2.64 bits per heavy atom. The molecule has 0 aliphatic rings.